The second-order valence-corrected chi connectivity index (χ2v) is 11.2. The number of nitrogens with two attached hydrogens (primary N) is 1. The number of imidazole rings is 2. The van der Waals surface area contributed by atoms with Crippen molar-refractivity contribution in [3.63, 3.8) is 0 Å². The van der Waals surface area contributed by atoms with Gasteiger partial charge in [0.25, 0.3) is 5.91 Å². The Labute approximate surface area is 241 Å². The minimum Gasteiger partial charge on any atom is -0.382 e. The largest absolute Gasteiger partial charge is 0.415 e. The molecule has 15 heteroatoms. The highest BCUT2D eigenvalue weighted by molar-refractivity contribution is 8.04. The van der Waals surface area contributed by atoms with Crippen molar-refractivity contribution in [1.29, 1.82) is 0 Å². The Bertz CT molecular complexity index is 1640. The highest BCUT2D eigenvalue weighted by Crippen LogP contribution is 2.36. The molecule has 1 aromatic carbocycles. The lowest BCUT2D eigenvalue weighted by atomic mass is 10.0. The molecule has 0 bridgehead atoms. The van der Waals surface area contributed by atoms with Crippen LogP contribution in [0.1, 0.15) is 18.9 Å². The fourth-order valence-electron chi connectivity index (χ4n) is 5.20. The zero-order chi connectivity index (χ0) is 29.6. The summed E-state index contributed by atoms with van der Waals surface area (Å²) >= 11 is 1.32. The van der Waals surface area contributed by atoms with Crippen LogP contribution in [-0.2, 0) is 4.79 Å². The summed E-state index contributed by atoms with van der Waals surface area (Å²) in [6.07, 6.45) is -0.910. The van der Waals surface area contributed by atoms with Gasteiger partial charge in [-0.1, -0.05) is 11.8 Å². The van der Waals surface area contributed by atoms with Crippen LogP contribution in [0, 0.1) is 5.82 Å². The summed E-state index contributed by atoms with van der Waals surface area (Å²) in [7, 11) is 0. The van der Waals surface area contributed by atoms with E-state index in [1.807, 2.05) is 10.6 Å². The molecule has 0 aliphatic carbocycles. The fraction of sp³-hybridized carbons (Fsp3) is 0.333. The zero-order valence-corrected chi connectivity index (χ0v) is 22.9. The molecule has 3 N–H and O–H groups in total. The summed E-state index contributed by atoms with van der Waals surface area (Å²) < 4.78 is 55.9. The smallest absolute Gasteiger partial charge is 0.382 e. The summed E-state index contributed by atoms with van der Waals surface area (Å²) in [6.45, 7) is 0.265. The van der Waals surface area contributed by atoms with Crippen molar-refractivity contribution >= 4 is 29.1 Å². The Morgan fingerprint density at radius 3 is 2.55 bits per heavy atom. The molecule has 4 aromatic rings. The maximum Gasteiger partial charge on any atom is 0.415 e. The number of piperidine rings is 1. The minimum atomic E-state index is -4.66. The maximum absolute atomic E-state index is 13.7. The van der Waals surface area contributed by atoms with Crippen molar-refractivity contribution in [2.24, 2.45) is 5.73 Å². The number of carbonyl (C=O) groups excluding carboxylic acids is 1. The van der Waals surface area contributed by atoms with Crippen LogP contribution < -0.4 is 10.6 Å². The van der Waals surface area contributed by atoms with Gasteiger partial charge in [0.05, 0.1) is 34.7 Å². The van der Waals surface area contributed by atoms with Crippen LogP contribution in [0.4, 0.5) is 23.4 Å². The third kappa shape index (κ3) is 5.58. The average molecular weight is 603 g/mol. The van der Waals surface area contributed by atoms with E-state index >= 15 is 0 Å². The number of rotatable bonds is 7. The van der Waals surface area contributed by atoms with Gasteiger partial charge in [-0.05, 0) is 49.2 Å². The van der Waals surface area contributed by atoms with Gasteiger partial charge in [0.15, 0.2) is 17.6 Å². The SMILES string of the molecule is NC(=O)C1=CN(c2cn3nc(-c4c(-c5ccc(F)cc5)ncn4C4CCN(C[C@H](O)C(F)(F)F)CC4)ccc3n2)CS1. The Hall–Kier alpha value is -3.95. The van der Waals surface area contributed by atoms with Gasteiger partial charge < -0.3 is 25.2 Å². The van der Waals surface area contributed by atoms with E-state index in [9.17, 15) is 27.5 Å². The second kappa shape index (κ2) is 11.0. The standard InChI is InChI=1S/C27H26F4N8O2S/c28-17-3-1-16(2-4-17)24-25(38(14-33-24)18-7-9-36(10-8-18)12-21(40)27(29,30)31)19-5-6-22-34-23(13-39(22)35-19)37-11-20(26(32)41)42-15-37/h1-6,11,13-14,18,21,40H,7-10,12,15H2,(H2,32,41)/t21-/m0/s1. The molecule has 220 valence electrons. The molecule has 6 rings (SSSR count). The number of primary amides is 1. The van der Waals surface area contributed by atoms with Gasteiger partial charge in [0.2, 0.25) is 0 Å². The first-order chi connectivity index (χ1) is 20.1. The second-order valence-electron chi connectivity index (χ2n) is 10.2. The summed E-state index contributed by atoms with van der Waals surface area (Å²) in [5.41, 5.74) is 8.49. The molecule has 3 aromatic heterocycles. The van der Waals surface area contributed by atoms with E-state index < -0.39 is 24.7 Å². The minimum absolute atomic E-state index is 0.0872. The van der Waals surface area contributed by atoms with Gasteiger partial charge in [0, 0.05) is 37.4 Å². The summed E-state index contributed by atoms with van der Waals surface area (Å²) in [4.78, 5) is 24.7. The number of β-amino-alcohol motifs (C(OH)–C–C–N with tert-alkyl or cyclic N) is 1. The molecule has 0 unspecified atom stereocenters. The van der Waals surface area contributed by atoms with E-state index in [1.54, 1.807) is 51.2 Å². The molecule has 42 heavy (non-hydrogen) atoms. The number of nitrogens with zero attached hydrogens (tertiary/aromatic N) is 7. The Morgan fingerprint density at radius 1 is 1.14 bits per heavy atom. The number of aliphatic hydroxyl groups excluding tert-OH is 1. The van der Waals surface area contributed by atoms with Crippen LogP contribution in [-0.4, -0.2) is 77.9 Å². The maximum atomic E-state index is 13.7. The molecule has 0 saturated carbocycles. The number of thioether (sulfide) groups is 1. The number of aliphatic hydroxyl groups is 1. The molecule has 2 aliphatic heterocycles. The summed E-state index contributed by atoms with van der Waals surface area (Å²) in [5, 5.41) is 14.3. The number of likely N-dealkylation sites (tertiary alicyclic amines) is 1. The summed E-state index contributed by atoms with van der Waals surface area (Å²) in [5.74, 6) is 0.182. The number of carbonyl (C=O) groups is 1. The van der Waals surface area contributed by atoms with E-state index in [0.29, 0.717) is 70.8 Å². The molecule has 1 fully saturated rings. The van der Waals surface area contributed by atoms with E-state index in [0.717, 1.165) is 0 Å². The van der Waals surface area contributed by atoms with Crippen molar-refractivity contribution in [3.8, 4) is 22.6 Å². The number of hydrogen-bond acceptors (Lipinski definition) is 8. The quantitative estimate of drug-likeness (QED) is 0.307. The third-order valence-electron chi connectivity index (χ3n) is 7.39. The van der Waals surface area contributed by atoms with Gasteiger partial charge in [-0.2, -0.15) is 18.3 Å². The topological polar surface area (TPSA) is 118 Å². The van der Waals surface area contributed by atoms with Gasteiger partial charge in [-0.15, -0.1) is 0 Å². The molecule has 10 nitrogen and oxygen atoms in total. The predicted octanol–water partition coefficient (Wildman–Crippen LogP) is 3.80. The predicted molar refractivity (Wildman–Crippen MR) is 149 cm³/mol. The molecule has 1 amide bonds. The lowest BCUT2D eigenvalue weighted by molar-refractivity contribution is -0.208. The highest BCUT2D eigenvalue weighted by atomic mass is 32.2. The lowest BCUT2D eigenvalue weighted by Crippen LogP contribution is -2.44. The monoisotopic (exact) mass is 602 g/mol. The van der Waals surface area contributed by atoms with Crippen molar-refractivity contribution in [2.45, 2.75) is 31.2 Å². The lowest BCUT2D eigenvalue weighted by Gasteiger charge is -2.34. The first kappa shape index (κ1) is 28.2. The van der Waals surface area contributed by atoms with Gasteiger partial charge in [-0.3, -0.25) is 4.79 Å². The molecule has 1 saturated heterocycles. The molecular weight excluding hydrogens is 576 g/mol. The molecule has 2 aliphatic rings. The van der Waals surface area contributed by atoms with Crippen LogP contribution in [0.15, 0.2) is 60.0 Å². The van der Waals surface area contributed by atoms with Gasteiger partial charge in [-0.25, -0.2) is 18.9 Å². The normalized spacial score (nSPS) is 17.6. The number of fused-ring (bicyclic) bond motifs is 1. The van der Waals surface area contributed by atoms with Crippen LogP contribution in [0.5, 0.6) is 0 Å². The first-order valence-corrected chi connectivity index (χ1v) is 14.1. The molecule has 1 atom stereocenters. The van der Waals surface area contributed by atoms with E-state index in [1.165, 1.54) is 23.9 Å². The van der Waals surface area contributed by atoms with Crippen molar-refractivity contribution in [3.05, 3.63) is 65.8 Å². The number of alkyl halides is 3. The van der Waals surface area contributed by atoms with Gasteiger partial charge in [0.1, 0.15) is 11.5 Å². The van der Waals surface area contributed by atoms with E-state index in [-0.39, 0.29) is 11.9 Å². The number of halogens is 4. The molecule has 0 radical (unpaired) electrons. The first-order valence-electron chi connectivity index (χ1n) is 13.1. The average Bonchev–Trinajstić information content (AvgIpc) is 3.71. The van der Waals surface area contributed by atoms with Crippen LogP contribution in [0.3, 0.4) is 0 Å². The van der Waals surface area contributed by atoms with Gasteiger partial charge >= 0.3 is 6.18 Å². The van der Waals surface area contributed by atoms with E-state index in [4.69, 9.17) is 10.8 Å². The highest BCUT2D eigenvalue weighted by Gasteiger charge is 2.39. The molecule has 5 heterocycles. The van der Waals surface area contributed by atoms with E-state index in [2.05, 4.69) is 9.97 Å². The number of benzene rings is 1. The number of amides is 1. The Kier molecular flexibility index (Phi) is 7.41. The Morgan fingerprint density at radius 2 is 1.88 bits per heavy atom. The van der Waals surface area contributed by atoms with Crippen LogP contribution in [0.25, 0.3) is 28.3 Å². The van der Waals surface area contributed by atoms with Crippen molar-refractivity contribution in [2.75, 3.05) is 30.4 Å². The van der Waals surface area contributed by atoms with Crippen molar-refractivity contribution in [1.82, 2.24) is 29.0 Å². The fourth-order valence-corrected chi connectivity index (χ4v) is 6.02. The summed E-state index contributed by atoms with van der Waals surface area (Å²) in [6, 6.07) is 9.50. The molecular formula is C27H26F4N8O2S. The number of aromatic nitrogens is 5. The van der Waals surface area contributed by atoms with Crippen molar-refractivity contribution < 1.29 is 27.5 Å². The van der Waals surface area contributed by atoms with Crippen LogP contribution >= 0.6 is 11.8 Å². The Balaban J connectivity index is 1.33. The molecule has 0 spiro atoms. The van der Waals surface area contributed by atoms with Crippen LogP contribution in [0.2, 0.25) is 0 Å². The third-order valence-corrected chi connectivity index (χ3v) is 8.42. The number of hydrogen-bond donors (Lipinski definition) is 2. The number of anilines is 1. The zero-order valence-electron chi connectivity index (χ0n) is 22.1.